The maximum Gasteiger partial charge on any atom is 0.261 e. The summed E-state index contributed by atoms with van der Waals surface area (Å²) in [5, 5.41) is 7.83. The molecule has 3 heterocycles. The minimum Gasteiger partial charge on any atom is -0.497 e. The first-order chi connectivity index (χ1) is 15.1. The predicted octanol–water partition coefficient (Wildman–Crippen LogP) is 3.48. The van der Waals surface area contributed by atoms with Crippen molar-refractivity contribution in [2.24, 2.45) is 0 Å². The van der Waals surface area contributed by atoms with Crippen LogP contribution in [0.1, 0.15) is 5.69 Å². The highest BCUT2D eigenvalue weighted by Gasteiger charge is 2.34. The number of carbonyl (C=O) groups excluding carboxylic acids is 2. The SMILES string of the molecule is COc1ccc(OCC(=O)N2CSCC2C(=O)NCc2csc(-c3cccs3)n2)cc1. The fourth-order valence-corrected chi connectivity index (χ4v) is 5.82. The van der Waals surface area contributed by atoms with Crippen LogP contribution in [0, 0.1) is 0 Å². The summed E-state index contributed by atoms with van der Waals surface area (Å²) in [6, 6.07) is 10.5. The second-order valence-corrected chi connectivity index (χ2v) is 9.49. The van der Waals surface area contributed by atoms with Gasteiger partial charge in [0, 0.05) is 11.1 Å². The van der Waals surface area contributed by atoms with Gasteiger partial charge in [0.15, 0.2) is 6.61 Å². The summed E-state index contributed by atoms with van der Waals surface area (Å²) in [5.74, 6) is 1.95. The number of ether oxygens (including phenoxy) is 2. The highest BCUT2D eigenvalue weighted by Crippen LogP contribution is 2.28. The van der Waals surface area contributed by atoms with Gasteiger partial charge in [0.05, 0.1) is 30.1 Å². The first-order valence-electron chi connectivity index (χ1n) is 9.54. The molecular weight excluding hydrogens is 454 g/mol. The zero-order valence-corrected chi connectivity index (χ0v) is 19.2. The molecule has 0 aliphatic carbocycles. The van der Waals surface area contributed by atoms with Crippen LogP contribution in [0.15, 0.2) is 47.2 Å². The highest BCUT2D eigenvalue weighted by molar-refractivity contribution is 7.99. The molecule has 1 unspecified atom stereocenters. The number of rotatable bonds is 8. The van der Waals surface area contributed by atoms with Gasteiger partial charge >= 0.3 is 0 Å². The molecule has 1 aliphatic heterocycles. The second kappa shape index (κ2) is 10.2. The molecule has 1 aromatic carbocycles. The molecule has 1 saturated heterocycles. The number of nitrogens with one attached hydrogen (secondary N) is 1. The number of benzene rings is 1. The van der Waals surface area contributed by atoms with Crippen LogP contribution >= 0.6 is 34.4 Å². The molecule has 4 rings (SSSR count). The van der Waals surface area contributed by atoms with Crippen LogP contribution in [-0.4, -0.2) is 53.1 Å². The molecule has 1 N–H and O–H groups in total. The number of amides is 2. The molecule has 7 nitrogen and oxygen atoms in total. The number of hydrogen-bond donors (Lipinski definition) is 1. The van der Waals surface area contributed by atoms with E-state index >= 15 is 0 Å². The van der Waals surface area contributed by atoms with Crippen molar-refractivity contribution in [1.82, 2.24) is 15.2 Å². The van der Waals surface area contributed by atoms with Crippen molar-refractivity contribution in [1.29, 1.82) is 0 Å². The van der Waals surface area contributed by atoms with Crippen LogP contribution in [0.2, 0.25) is 0 Å². The normalized spacial score (nSPS) is 15.6. The summed E-state index contributed by atoms with van der Waals surface area (Å²) in [6.45, 7) is 0.221. The molecule has 1 fully saturated rings. The zero-order valence-electron chi connectivity index (χ0n) is 16.8. The zero-order chi connectivity index (χ0) is 21.6. The lowest BCUT2D eigenvalue weighted by Crippen LogP contribution is -2.48. The lowest BCUT2D eigenvalue weighted by Gasteiger charge is -2.23. The van der Waals surface area contributed by atoms with E-state index < -0.39 is 6.04 Å². The van der Waals surface area contributed by atoms with Gasteiger partial charge < -0.3 is 19.7 Å². The number of thiophene rings is 1. The van der Waals surface area contributed by atoms with Crippen molar-refractivity contribution in [3.63, 3.8) is 0 Å². The Kier molecular flexibility index (Phi) is 7.10. The molecular formula is C21H21N3O4S3. The average molecular weight is 476 g/mol. The van der Waals surface area contributed by atoms with Crippen LogP contribution < -0.4 is 14.8 Å². The molecule has 0 spiro atoms. The van der Waals surface area contributed by atoms with E-state index in [9.17, 15) is 9.59 Å². The number of hydrogen-bond acceptors (Lipinski definition) is 8. The molecule has 2 amide bonds. The van der Waals surface area contributed by atoms with Gasteiger partial charge in [0.2, 0.25) is 5.91 Å². The molecule has 0 bridgehead atoms. The molecule has 2 aromatic heterocycles. The first-order valence-corrected chi connectivity index (χ1v) is 12.5. The Bertz CT molecular complexity index is 1020. The third kappa shape index (κ3) is 5.38. The summed E-state index contributed by atoms with van der Waals surface area (Å²) in [5.41, 5.74) is 0.813. The summed E-state index contributed by atoms with van der Waals surface area (Å²) in [4.78, 5) is 32.6. The van der Waals surface area contributed by atoms with Gasteiger partial charge in [-0.1, -0.05) is 6.07 Å². The Morgan fingerprint density at radius 3 is 2.74 bits per heavy atom. The third-order valence-electron chi connectivity index (χ3n) is 4.65. The Balaban J connectivity index is 1.28. The maximum atomic E-state index is 12.7. The summed E-state index contributed by atoms with van der Waals surface area (Å²) < 4.78 is 10.7. The first kappa shape index (κ1) is 21.7. The van der Waals surface area contributed by atoms with Crippen LogP contribution in [0.4, 0.5) is 0 Å². The van der Waals surface area contributed by atoms with Gasteiger partial charge in [0.1, 0.15) is 22.5 Å². The molecule has 31 heavy (non-hydrogen) atoms. The van der Waals surface area contributed by atoms with Gasteiger partial charge in [-0.2, -0.15) is 0 Å². The van der Waals surface area contributed by atoms with Crippen LogP contribution in [0.5, 0.6) is 11.5 Å². The lowest BCUT2D eigenvalue weighted by molar-refractivity contribution is -0.139. The van der Waals surface area contributed by atoms with Crippen molar-refractivity contribution in [3.8, 4) is 21.4 Å². The summed E-state index contributed by atoms with van der Waals surface area (Å²) in [6.07, 6.45) is 0. The number of nitrogens with zero attached hydrogens (tertiary/aromatic N) is 2. The molecule has 1 atom stereocenters. The number of thiazole rings is 1. The van der Waals surface area contributed by atoms with Gasteiger partial charge in [-0.3, -0.25) is 9.59 Å². The van der Waals surface area contributed by atoms with E-state index in [-0.39, 0.29) is 18.4 Å². The van der Waals surface area contributed by atoms with Crippen molar-refractivity contribution in [2.75, 3.05) is 25.3 Å². The second-order valence-electron chi connectivity index (χ2n) is 6.68. The van der Waals surface area contributed by atoms with E-state index in [1.165, 1.54) is 0 Å². The van der Waals surface area contributed by atoms with E-state index in [0.717, 1.165) is 15.6 Å². The standard InChI is InChI=1S/C21H21N3O4S3/c1-27-15-4-6-16(7-5-15)28-10-19(25)24-13-29-12-17(24)20(26)22-9-14-11-31-21(23-14)18-3-2-8-30-18/h2-8,11,17H,9-10,12-13H2,1H3,(H,22,26). The van der Waals surface area contributed by atoms with Crippen molar-refractivity contribution < 1.29 is 19.1 Å². The monoisotopic (exact) mass is 475 g/mol. The summed E-state index contributed by atoms with van der Waals surface area (Å²) >= 11 is 4.75. The fraction of sp³-hybridized carbons (Fsp3) is 0.286. The molecule has 0 saturated carbocycles. The number of methoxy groups -OCH3 is 1. The van der Waals surface area contributed by atoms with E-state index in [2.05, 4.69) is 10.3 Å². The van der Waals surface area contributed by atoms with Crippen molar-refractivity contribution in [2.45, 2.75) is 12.6 Å². The predicted molar refractivity (Wildman–Crippen MR) is 124 cm³/mol. The molecule has 3 aromatic rings. The van der Waals surface area contributed by atoms with E-state index in [4.69, 9.17) is 9.47 Å². The minimum atomic E-state index is -0.507. The molecule has 162 valence electrons. The smallest absolute Gasteiger partial charge is 0.261 e. The minimum absolute atomic E-state index is 0.118. The number of aromatic nitrogens is 1. The van der Waals surface area contributed by atoms with Crippen molar-refractivity contribution >= 4 is 46.2 Å². The number of thioether (sulfide) groups is 1. The van der Waals surface area contributed by atoms with Crippen LogP contribution in [0.25, 0.3) is 9.88 Å². The van der Waals surface area contributed by atoms with E-state index in [1.807, 2.05) is 22.9 Å². The van der Waals surface area contributed by atoms with Crippen LogP contribution in [0.3, 0.4) is 0 Å². The molecule has 1 aliphatic rings. The Hall–Kier alpha value is -2.56. The largest absolute Gasteiger partial charge is 0.497 e. The van der Waals surface area contributed by atoms with E-state index in [0.29, 0.717) is 29.7 Å². The highest BCUT2D eigenvalue weighted by atomic mass is 32.2. The van der Waals surface area contributed by atoms with Gasteiger partial charge in [-0.25, -0.2) is 4.98 Å². The fourth-order valence-electron chi connectivity index (χ4n) is 3.00. The van der Waals surface area contributed by atoms with Gasteiger partial charge in [-0.05, 0) is 35.7 Å². The van der Waals surface area contributed by atoms with Gasteiger partial charge in [-0.15, -0.1) is 34.4 Å². The Labute approximate surface area is 192 Å². The lowest BCUT2D eigenvalue weighted by atomic mass is 10.2. The average Bonchev–Trinajstić information content (AvgIpc) is 3.56. The van der Waals surface area contributed by atoms with E-state index in [1.54, 1.807) is 70.7 Å². The maximum absolute atomic E-state index is 12.7. The van der Waals surface area contributed by atoms with Crippen molar-refractivity contribution in [3.05, 3.63) is 52.9 Å². The molecule has 0 radical (unpaired) electrons. The Morgan fingerprint density at radius 2 is 2.00 bits per heavy atom. The molecule has 10 heteroatoms. The van der Waals surface area contributed by atoms with Crippen LogP contribution in [-0.2, 0) is 16.1 Å². The topological polar surface area (TPSA) is 80.8 Å². The Morgan fingerprint density at radius 1 is 1.19 bits per heavy atom. The number of carbonyl (C=O) groups is 2. The third-order valence-corrected chi connectivity index (χ3v) is 7.60. The quantitative estimate of drug-likeness (QED) is 0.537. The van der Waals surface area contributed by atoms with Gasteiger partial charge in [0.25, 0.3) is 5.91 Å². The summed E-state index contributed by atoms with van der Waals surface area (Å²) in [7, 11) is 1.59.